The zero-order chi connectivity index (χ0) is 14.8. The molecule has 0 aromatic heterocycles. The lowest BCUT2D eigenvalue weighted by atomic mass is 10.2. The molecule has 4 heteroatoms. The summed E-state index contributed by atoms with van der Waals surface area (Å²) in [5.41, 5.74) is 0.606. The lowest BCUT2D eigenvalue weighted by molar-refractivity contribution is 0.0694. The number of aliphatic hydroxyl groups excluding tert-OH is 1. The van der Waals surface area contributed by atoms with Crippen LogP contribution in [0, 0.1) is 11.3 Å². The Bertz CT molecular complexity index is 411. The van der Waals surface area contributed by atoms with E-state index in [1.54, 1.807) is 24.3 Å². The van der Waals surface area contributed by atoms with Crippen LogP contribution in [-0.2, 0) is 0 Å². The van der Waals surface area contributed by atoms with E-state index in [1.165, 1.54) is 0 Å². The number of nitriles is 1. The number of nitrogens with zero attached hydrogens (tertiary/aromatic N) is 2. The molecule has 1 unspecified atom stereocenters. The highest BCUT2D eigenvalue weighted by Gasteiger charge is 2.10. The van der Waals surface area contributed by atoms with Crippen LogP contribution in [0.3, 0.4) is 0 Å². The molecule has 1 atom stereocenters. The van der Waals surface area contributed by atoms with Gasteiger partial charge in [-0.3, -0.25) is 0 Å². The van der Waals surface area contributed by atoms with Crippen molar-refractivity contribution < 1.29 is 9.84 Å². The first-order valence-corrected chi connectivity index (χ1v) is 7.23. The van der Waals surface area contributed by atoms with E-state index >= 15 is 0 Å². The summed E-state index contributed by atoms with van der Waals surface area (Å²) >= 11 is 0. The van der Waals surface area contributed by atoms with Crippen LogP contribution in [0.5, 0.6) is 5.75 Å². The Labute approximate surface area is 121 Å². The highest BCUT2D eigenvalue weighted by Crippen LogP contribution is 2.12. The largest absolute Gasteiger partial charge is 0.491 e. The smallest absolute Gasteiger partial charge is 0.119 e. The summed E-state index contributed by atoms with van der Waals surface area (Å²) in [6.07, 6.45) is 1.81. The highest BCUT2D eigenvalue weighted by molar-refractivity contribution is 5.34. The first kappa shape index (κ1) is 16.5. The van der Waals surface area contributed by atoms with E-state index < -0.39 is 6.10 Å². The lowest BCUT2D eigenvalue weighted by Gasteiger charge is -2.23. The van der Waals surface area contributed by atoms with Crippen molar-refractivity contribution in [3.8, 4) is 11.8 Å². The third-order valence-electron chi connectivity index (χ3n) is 3.17. The molecule has 4 nitrogen and oxygen atoms in total. The van der Waals surface area contributed by atoms with E-state index in [0.29, 0.717) is 17.9 Å². The third-order valence-corrected chi connectivity index (χ3v) is 3.17. The van der Waals surface area contributed by atoms with Crippen molar-refractivity contribution in [2.24, 2.45) is 0 Å². The molecule has 1 rings (SSSR count). The van der Waals surface area contributed by atoms with Gasteiger partial charge in [0.1, 0.15) is 18.5 Å². The average Bonchev–Trinajstić information content (AvgIpc) is 2.49. The molecule has 0 aliphatic heterocycles. The number of benzene rings is 1. The van der Waals surface area contributed by atoms with Gasteiger partial charge < -0.3 is 14.7 Å². The molecule has 0 radical (unpaired) electrons. The first-order chi connectivity index (χ1) is 9.69. The molecule has 0 saturated carbocycles. The van der Waals surface area contributed by atoms with Gasteiger partial charge in [-0.15, -0.1) is 0 Å². The molecule has 0 saturated heterocycles. The standard InChI is InChI=1S/C16H24N2O2/c1-3-5-10-18(4-2)12-15(19)13-20-16-8-6-14(11-17)7-9-16/h6-9,15,19H,3-5,10,12-13H2,1-2H3. The molecular formula is C16H24N2O2. The third kappa shape index (κ3) is 6.05. The Kier molecular flexibility index (Phi) is 7.71. The fourth-order valence-corrected chi connectivity index (χ4v) is 1.93. The second kappa shape index (κ2) is 9.35. The zero-order valence-corrected chi connectivity index (χ0v) is 12.4. The Morgan fingerprint density at radius 3 is 2.55 bits per heavy atom. The van der Waals surface area contributed by atoms with Crippen LogP contribution in [0.2, 0.25) is 0 Å². The summed E-state index contributed by atoms with van der Waals surface area (Å²) in [5.74, 6) is 0.680. The number of hydrogen-bond donors (Lipinski definition) is 1. The summed E-state index contributed by atoms with van der Waals surface area (Å²) in [5, 5.41) is 18.7. The number of hydrogen-bond acceptors (Lipinski definition) is 4. The van der Waals surface area contributed by atoms with Crippen molar-refractivity contribution in [1.29, 1.82) is 5.26 Å². The first-order valence-electron chi connectivity index (χ1n) is 7.23. The highest BCUT2D eigenvalue weighted by atomic mass is 16.5. The molecule has 1 aromatic rings. The van der Waals surface area contributed by atoms with Crippen LogP contribution in [0.25, 0.3) is 0 Å². The van der Waals surface area contributed by atoms with Crippen LogP contribution in [0.15, 0.2) is 24.3 Å². The monoisotopic (exact) mass is 276 g/mol. The molecule has 0 aliphatic carbocycles. The van der Waals surface area contributed by atoms with Gasteiger partial charge in [0.25, 0.3) is 0 Å². The minimum atomic E-state index is -0.498. The second-order valence-electron chi connectivity index (χ2n) is 4.85. The Morgan fingerprint density at radius 2 is 2.00 bits per heavy atom. The van der Waals surface area contributed by atoms with Crippen LogP contribution in [0.1, 0.15) is 32.3 Å². The van der Waals surface area contributed by atoms with Crippen LogP contribution in [-0.4, -0.2) is 42.4 Å². The normalized spacial score (nSPS) is 12.2. The van der Waals surface area contributed by atoms with Gasteiger partial charge in [-0.05, 0) is 43.8 Å². The summed E-state index contributed by atoms with van der Waals surface area (Å²) < 4.78 is 5.53. The van der Waals surface area contributed by atoms with Crippen molar-refractivity contribution in [1.82, 2.24) is 4.90 Å². The molecular weight excluding hydrogens is 252 g/mol. The van der Waals surface area contributed by atoms with E-state index in [-0.39, 0.29) is 6.61 Å². The Balaban J connectivity index is 2.34. The van der Waals surface area contributed by atoms with Gasteiger partial charge in [-0.25, -0.2) is 0 Å². The minimum absolute atomic E-state index is 0.272. The maximum absolute atomic E-state index is 9.99. The second-order valence-corrected chi connectivity index (χ2v) is 4.85. The van der Waals surface area contributed by atoms with E-state index in [0.717, 1.165) is 25.9 Å². The number of unbranched alkanes of at least 4 members (excludes halogenated alkanes) is 1. The van der Waals surface area contributed by atoms with Gasteiger partial charge >= 0.3 is 0 Å². The van der Waals surface area contributed by atoms with Crippen molar-refractivity contribution in [2.75, 3.05) is 26.2 Å². The van der Waals surface area contributed by atoms with E-state index in [9.17, 15) is 5.11 Å². The van der Waals surface area contributed by atoms with E-state index in [4.69, 9.17) is 10.00 Å². The van der Waals surface area contributed by atoms with Gasteiger partial charge in [0.15, 0.2) is 0 Å². The van der Waals surface area contributed by atoms with Gasteiger partial charge in [0.2, 0.25) is 0 Å². The van der Waals surface area contributed by atoms with Crippen molar-refractivity contribution in [2.45, 2.75) is 32.8 Å². The molecule has 1 N–H and O–H groups in total. The topological polar surface area (TPSA) is 56.5 Å². The molecule has 0 bridgehead atoms. The van der Waals surface area contributed by atoms with Crippen molar-refractivity contribution in [3.63, 3.8) is 0 Å². The molecule has 0 heterocycles. The Morgan fingerprint density at radius 1 is 1.30 bits per heavy atom. The molecule has 1 aromatic carbocycles. The van der Waals surface area contributed by atoms with E-state index in [2.05, 4.69) is 24.8 Å². The minimum Gasteiger partial charge on any atom is -0.491 e. The van der Waals surface area contributed by atoms with Gasteiger partial charge in [0.05, 0.1) is 11.6 Å². The number of aliphatic hydroxyl groups is 1. The lowest BCUT2D eigenvalue weighted by Crippen LogP contribution is -2.36. The molecule has 20 heavy (non-hydrogen) atoms. The Hall–Kier alpha value is -1.57. The number of rotatable bonds is 9. The predicted molar refractivity (Wildman–Crippen MR) is 79.7 cm³/mol. The maximum Gasteiger partial charge on any atom is 0.119 e. The number of ether oxygens (including phenoxy) is 1. The zero-order valence-electron chi connectivity index (χ0n) is 12.4. The average molecular weight is 276 g/mol. The summed E-state index contributed by atoms with van der Waals surface area (Å²) in [6, 6.07) is 8.98. The van der Waals surface area contributed by atoms with Crippen LogP contribution in [0.4, 0.5) is 0 Å². The van der Waals surface area contributed by atoms with Gasteiger partial charge in [-0.1, -0.05) is 20.3 Å². The summed E-state index contributed by atoms with van der Waals surface area (Å²) in [4.78, 5) is 2.23. The molecule has 0 spiro atoms. The molecule has 110 valence electrons. The molecule has 0 amide bonds. The van der Waals surface area contributed by atoms with Crippen molar-refractivity contribution in [3.05, 3.63) is 29.8 Å². The van der Waals surface area contributed by atoms with Crippen LogP contribution < -0.4 is 4.74 Å². The predicted octanol–water partition coefficient (Wildman–Crippen LogP) is 2.42. The molecule has 0 aliphatic rings. The summed E-state index contributed by atoms with van der Waals surface area (Å²) in [6.45, 7) is 7.12. The number of likely N-dealkylation sites (N-methyl/N-ethyl adjacent to an activating group) is 1. The fraction of sp³-hybridized carbons (Fsp3) is 0.562. The SMILES string of the molecule is CCCCN(CC)CC(O)COc1ccc(C#N)cc1. The van der Waals surface area contributed by atoms with E-state index in [1.807, 2.05) is 0 Å². The van der Waals surface area contributed by atoms with Gasteiger partial charge in [0, 0.05) is 6.54 Å². The van der Waals surface area contributed by atoms with Crippen LogP contribution >= 0.6 is 0 Å². The quantitative estimate of drug-likeness (QED) is 0.752. The maximum atomic E-state index is 9.99. The molecule has 0 fully saturated rings. The van der Waals surface area contributed by atoms with Crippen molar-refractivity contribution >= 4 is 0 Å². The summed E-state index contributed by atoms with van der Waals surface area (Å²) in [7, 11) is 0. The fourth-order valence-electron chi connectivity index (χ4n) is 1.93. The van der Waals surface area contributed by atoms with Gasteiger partial charge in [-0.2, -0.15) is 5.26 Å².